The number of sulfone groups is 1. The minimum Gasteiger partial charge on any atom is -0.229 e. The standard InChI is InChI=1S/C22H20ClF4NO3S/c1-12-13(8-5-11-32(2,30)31)19-14(6-4-10-17(19)23)18(12)21(28-29)15-7-3-9-16(20(15)24)22(25,26)27/h3-4,6-7,9-10,13,21H,5,8,11H2,1-2H3. The van der Waals surface area contributed by atoms with Crippen LogP contribution in [0, 0.1) is 10.7 Å². The van der Waals surface area contributed by atoms with Gasteiger partial charge in [0.25, 0.3) is 0 Å². The molecule has 3 rings (SSSR count). The van der Waals surface area contributed by atoms with Crippen LogP contribution < -0.4 is 0 Å². The molecule has 32 heavy (non-hydrogen) atoms. The smallest absolute Gasteiger partial charge is 0.229 e. The van der Waals surface area contributed by atoms with E-state index in [2.05, 4.69) is 5.18 Å². The lowest BCUT2D eigenvalue weighted by Gasteiger charge is -2.18. The molecule has 4 nitrogen and oxygen atoms in total. The first-order chi connectivity index (χ1) is 14.9. The number of benzene rings is 2. The van der Waals surface area contributed by atoms with Crippen molar-refractivity contribution >= 4 is 27.0 Å². The van der Waals surface area contributed by atoms with Crippen LogP contribution in [0.5, 0.6) is 0 Å². The molecule has 0 aromatic heterocycles. The van der Waals surface area contributed by atoms with Crippen LogP contribution in [0.2, 0.25) is 5.02 Å². The zero-order chi connectivity index (χ0) is 23.8. The minimum atomic E-state index is -4.93. The van der Waals surface area contributed by atoms with E-state index in [1.54, 1.807) is 25.1 Å². The van der Waals surface area contributed by atoms with E-state index >= 15 is 0 Å². The lowest BCUT2D eigenvalue weighted by atomic mass is 9.90. The number of rotatable bonds is 7. The van der Waals surface area contributed by atoms with E-state index in [1.165, 1.54) is 0 Å². The Morgan fingerprint density at radius 1 is 1.16 bits per heavy atom. The molecular weight excluding hydrogens is 470 g/mol. The molecule has 0 saturated carbocycles. The van der Waals surface area contributed by atoms with Crippen LogP contribution in [0.1, 0.15) is 54.0 Å². The van der Waals surface area contributed by atoms with Gasteiger partial charge in [-0.25, -0.2) is 12.8 Å². The van der Waals surface area contributed by atoms with Gasteiger partial charge in [-0.1, -0.05) is 46.6 Å². The van der Waals surface area contributed by atoms with Crippen molar-refractivity contribution in [2.75, 3.05) is 12.0 Å². The summed E-state index contributed by atoms with van der Waals surface area (Å²) in [5, 5.41) is 3.37. The SMILES string of the molecule is CC1=C(C(N=O)c2cccc(C(F)(F)F)c2F)c2cccc(Cl)c2C1CCCS(C)(=O)=O. The third-order valence-corrected chi connectivity index (χ3v) is 7.01. The van der Waals surface area contributed by atoms with Crippen LogP contribution in [0.15, 0.2) is 47.1 Å². The molecule has 0 spiro atoms. The molecule has 0 fully saturated rings. The molecular formula is C22H20ClF4NO3S. The van der Waals surface area contributed by atoms with Crippen molar-refractivity contribution in [2.45, 2.75) is 37.9 Å². The Labute approximate surface area is 188 Å². The van der Waals surface area contributed by atoms with E-state index < -0.39 is 39.0 Å². The van der Waals surface area contributed by atoms with E-state index in [0.717, 1.165) is 18.4 Å². The molecule has 1 aliphatic rings. The lowest BCUT2D eigenvalue weighted by molar-refractivity contribution is -0.140. The molecule has 0 amide bonds. The van der Waals surface area contributed by atoms with Crippen molar-refractivity contribution in [3.63, 3.8) is 0 Å². The Morgan fingerprint density at radius 3 is 2.41 bits per heavy atom. The summed E-state index contributed by atoms with van der Waals surface area (Å²) in [6.07, 6.45) is -3.10. The molecule has 2 atom stereocenters. The van der Waals surface area contributed by atoms with Crippen molar-refractivity contribution in [1.29, 1.82) is 0 Å². The largest absolute Gasteiger partial charge is 0.419 e. The monoisotopic (exact) mass is 489 g/mol. The predicted molar refractivity (Wildman–Crippen MR) is 116 cm³/mol. The second-order valence-corrected chi connectivity index (χ2v) is 10.5. The summed E-state index contributed by atoms with van der Waals surface area (Å²) in [6, 6.07) is 6.14. The van der Waals surface area contributed by atoms with E-state index in [4.69, 9.17) is 11.6 Å². The summed E-state index contributed by atoms with van der Waals surface area (Å²) in [5.74, 6) is -1.97. The summed E-state index contributed by atoms with van der Waals surface area (Å²) in [5.41, 5.74) is 0.0721. The molecule has 2 aromatic carbocycles. The van der Waals surface area contributed by atoms with Gasteiger partial charge in [-0.3, -0.25) is 0 Å². The van der Waals surface area contributed by atoms with Crippen molar-refractivity contribution in [3.8, 4) is 0 Å². The normalized spacial score (nSPS) is 17.4. The highest BCUT2D eigenvalue weighted by Crippen LogP contribution is 2.52. The summed E-state index contributed by atoms with van der Waals surface area (Å²) >= 11 is 6.40. The number of hydrogen-bond donors (Lipinski definition) is 0. The van der Waals surface area contributed by atoms with Crippen molar-refractivity contribution in [1.82, 2.24) is 0 Å². The highest BCUT2D eigenvalue weighted by Gasteiger charge is 2.39. The number of halogens is 5. The van der Waals surface area contributed by atoms with E-state index in [9.17, 15) is 30.9 Å². The van der Waals surface area contributed by atoms with Gasteiger partial charge >= 0.3 is 6.18 Å². The number of fused-ring (bicyclic) bond motifs is 1. The molecule has 10 heteroatoms. The summed E-state index contributed by atoms with van der Waals surface area (Å²) in [4.78, 5) is 11.9. The van der Waals surface area contributed by atoms with Crippen LogP contribution in [-0.4, -0.2) is 20.4 Å². The van der Waals surface area contributed by atoms with Gasteiger partial charge in [-0.05, 0) is 48.6 Å². The number of hydrogen-bond acceptors (Lipinski definition) is 4. The minimum absolute atomic E-state index is 0.0521. The second kappa shape index (κ2) is 8.94. The third-order valence-electron chi connectivity index (χ3n) is 5.65. The second-order valence-electron chi connectivity index (χ2n) is 7.84. The Morgan fingerprint density at radius 2 is 1.81 bits per heavy atom. The van der Waals surface area contributed by atoms with Gasteiger partial charge in [0.2, 0.25) is 0 Å². The first-order valence-electron chi connectivity index (χ1n) is 9.72. The van der Waals surface area contributed by atoms with Crippen LogP contribution in [0.3, 0.4) is 0 Å². The van der Waals surface area contributed by atoms with E-state index in [0.29, 0.717) is 46.2 Å². The molecule has 0 heterocycles. The molecule has 2 unspecified atom stereocenters. The lowest BCUT2D eigenvalue weighted by Crippen LogP contribution is -2.12. The highest BCUT2D eigenvalue weighted by atomic mass is 35.5. The van der Waals surface area contributed by atoms with Crippen molar-refractivity contribution < 1.29 is 26.0 Å². The number of nitroso groups, excluding NO2 is 1. The number of alkyl halides is 3. The maximum absolute atomic E-state index is 14.8. The molecule has 2 aromatic rings. The average Bonchev–Trinajstić information content (AvgIpc) is 2.95. The Hall–Kier alpha value is -2.26. The zero-order valence-corrected chi connectivity index (χ0v) is 18.8. The Bertz CT molecular complexity index is 1190. The topological polar surface area (TPSA) is 63.6 Å². The maximum atomic E-state index is 14.8. The van der Waals surface area contributed by atoms with Gasteiger partial charge < -0.3 is 0 Å². The number of allylic oxidation sites excluding steroid dienone is 1. The molecule has 1 aliphatic carbocycles. The fourth-order valence-electron chi connectivity index (χ4n) is 4.26. The zero-order valence-electron chi connectivity index (χ0n) is 17.2. The highest BCUT2D eigenvalue weighted by molar-refractivity contribution is 7.90. The van der Waals surface area contributed by atoms with Gasteiger partial charge in [-0.15, -0.1) is 4.91 Å². The van der Waals surface area contributed by atoms with Gasteiger partial charge in [0.1, 0.15) is 21.7 Å². The Balaban J connectivity index is 2.13. The predicted octanol–water partition coefficient (Wildman–Crippen LogP) is 6.70. The maximum Gasteiger partial charge on any atom is 0.419 e. The first kappa shape index (κ1) is 24.4. The summed E-state index contributed by atoms with van der Waals surface area (Å²) in [7, 11) is -3.20. The quantitative estimate of drug-likeness (QED) is 0.321. The molecule has 0 aliphatic heterocycles. The molecule has 172 valence electrons. The van der Waals surface area contributed by atoms with E-state index in [-0.39, 0.29) is 11.7 Å². The Kier molecular flexibility index (Phi) is 6.81. The van der Waals surface area contributed by atoms with Crippen LogP contribution in [-0.2, 0) is 16.0 Å². The van der Waals surface area contributed by atoms with Gasteiger partial charge in [0, 0.05) is 28.5 Å². The van der Waals surface area contributed by atoms with Crippen LogP contribution in [0.4, 0.5) is 17.6 Å². The van der Waals surface area contributed by atoms with Crippen LogP contribution >= 0.6 is 11.6 Å². The van der Waals surface area contributed by atoms with Gasteiger partial charge in [-0.2, -0.15) is 13.2 Å². The van der Waals surface area contributed by atoms with Gasteiger partial charge in [0.05, 0.1) is 5.56 Å². The summed E-state index contributed by atoms with van der Waals surface area (Å²) in [6.45, 7) is 1.68. The number of nitrogens with zero attached hydrogens (tertiary/aromatic N) is 1. The summed E-state index contributed by atoms with van der Waals surface area (Å²) < 4.78 is 77.5. The molecule has 0 saturated heterocycles. The molecule has 0 radical (unpaired) electrons. The van der Waals surface area contributed by atoms with Crippen LogP contribution in [0.25, 0.3) is 5.57 Å². The fraction of sp³-hybridized carbons (Fsp3) is 0.364. The van der Waals surface area contributed by atoms with Crippen molar-refractivity contribution in [3.05, 3.63) is 80.0 Å². The third kappa shape index (κ3) is 4.73. The first-order valence-corrected chi connectivity index (χ1v) is 12.2. The van der Waals surface area contributed by atoms with Crippen molar-refractivity contribution in [2.24, 2.45) is 5.18 Å². The molecule has 0 bridgehead atoms. The average molecular weight is 490 g/mol. The molecule has 0 N–H and O–H groups in total. The van der Waals surface area contributed by atoms with Gasteiger partial charge in [0.15, 0.2) is 0 Å². The van der Waals surface area contributed by atoms with E-state index in [1.807, 2.05) is 0 Å². The fourth-order valence-corrected chi connectivity index (χ4v) is 5.26.